The molecule has 1 rings (SSSR count). The number of halogens is 2. The Bertz CT molecular complexity index is 121. The minimum atomic E-state index is -2.22. The monoisotopic (exact) mass is 149 g/mol. The molecule has 0 heterocycles. The van der Waals surface area contributed by atoms with E-state index in [1.807, 2.05) is 6.92 Å². The molecule has 60 valence electrons. The van der Waals surface area contributed by atoms with Gasteiger partial charge in [0.05, 0.1) is 0 Å². The van der Waals surface area contributed by atoms with Crippen molar-refractivity contribution in [1.82, 2.24) is 0 Å². The highest BCUT2D eigenvalue weighted by Gasteiger charge is 2.54. The molecule has 0 bridgehead atoms. The summed E-state index contributed by atoms with van der Waals surface area (Å²) in [7, 11) is 0. The summed E-state index contributed by atoms with van der Waals surface area (Å²) in [6.45, 7) is 1.85. The van der Waals surface area contributed by atoms with Crippen molar-refractivity contribution < 1.29 is 8.78 Å². The van der Waals surface area contributed by atoms with Gasteiger partial charge in [-0.25, -0.2) is 8.78 Å². The molecule has 0 spiro atoms. The van der Waals surface area contributed by atoms with Crippen molar-refractivity contribution >= 4 is 0 Å². The Labute approximate surface area is 59.6 Å². The van der Waals surface area contributed by atoms with E-state index in [0.717, 1.165) is 0 Å². The summed E-state index contributed by atoms with van der Waals surface area (Å²) in [5.74, 6) is 0. The van der Waals surface area contributed by atoms with Crippen LogP contribution in [0.2, 0.25) is 0 Å². The summed E-state index contributed by atoms with van der Waals surface area (Å²) in [5.41, 5.74) is 4.74. The van der Waals surface area contributed by atoms with E-state index in [0.29, 0.717) is 19.3 Å². The van der Waals surface area contributed by atoms with E-state index < -0.39 is 11.8 Å². The molecule has 0 aliphatic heterocycles. The maximum Gasteiger partial charge on any atom is 0.245 e. The van der Waals surface area contributed by atoms with Gasteiger partial charge < -0.3 is 5.73 Å². The van der Waals surface area contributed by atoms with Gasteiger partial charge in [-0.05, 0) is 19.3 Å². The Morgan fingerprint density at radius 2 is 2.00 bits per heavy atom. The largest absolute Gasteiger partial charge is 0.327 e. The summed E-state index contributed by atoms with van der Waals surface area (Å²) >= 11 is 0. The Balaban J connectivity index is 2.51. The molecule has 1 fully saturated rings. The molecule has 3 heteroatoms. The van der Waals surface area contributed by atoms with Crippen LogP contribution in [0.1, 0.15) is 26.2 Å². The predicted octanol–water partition coefficient (Wildman–Crippen LogP) is 1.77. The quantitative estimate of drug-likeness (QED) is 0.650. The highest BCUT2D eigenvalue weighted by atomic mass is 19.3. The van der Waals surface area contributed by atoms with E-state index in [4.69, 9.17) is 5.73 Å². The molecule has 0 aromatic rings. The first-order valence-electron chi connectivity index (χ1n) is 3.67. The van der Waals surface area contributed by atoms with Gasteiger partial charge in [-0.1, -0.05) is 6.92 Å². The normalized spacial score (nSPS) is 24.9. The van der Waals surface area contributed by atoms with Gasteiger partial charge in [0.25, 0.3) is 0 Å². The van der Waals surface area contributed by atoms with Crippen molar-refractivity contribution in [2.24, 2.45) is 11.1 Å². The van der Waals surface area contributed by atoms with Crippen LogP contribution in [-0.2, 0) is 0 Å². The number of rotatable bonds is 3. The van der Waals surface area contributed by atoms with E-state index in [1.54, 1.807) is 0 Å². The molecular formula is C7H13F2N. The number of hydrogen-bond donors (Lipinski definition) is 1. The molecule has 0 aromatic heterocycles. The van der Waals surface area contributed by atoms with Crippen molar-refractivity contribution in [1.29, 1.82) is 0 Å². The SMILES string of the molecule is CCC(N)C1(C(F)F)CC1. The first kappa shape index (κ1) is 7.92. The fourth-order valence-corrected chi connectivity index (χ4v) is 1.30. The average molecular weight is 149 g/mol. The van der Waals surface area contributed by atoms with E-state index in [9.17, 15) is 8.78 Å². The van der Waals surface area contributed by atoms with Gasteiger partial charge in [-0.2, -0.15) is 0 Å². The molecule has 1 saturated carbocycles. The van der Waals surface area contributed by atoms with Crippen LogP contribution in [0.15, 0.2) is 0 Å². The maximum absolute atomic E-state index is 12.2. The number of nitrogens with two attached hydrogens (primary N) is 1. The smallest absolute Gasteiger partial charge is 0.245 e. The maximum atomic E-state index is 12.2. The van der Waals surface area contributed by atoms with Crippen LogP contribution in [0.4, 0.5) is 8.78 Å². The third kappa shape index (κ3) is 1.03. The summed E-state index contributed by atoms with van der Waals surface area (Å²) in [5, 5.41) is 0. The van der Waals surface area contributed by atoms with Crippen LogP contribution >= 0.6 is 0 Å². The standard InChI is InChI=1S/C7H13F2N/c1-2-5(10)7(3-4-7)6(8)9/h5-6H,2-4,10H2,1H3. The van der Waals surface area contributed by atoms with Crippen LogP contribution in [0.25, 0.3) is 0 Å². The topological polar surface area (TPSA) is 26.0 Å². The van der Waals surface area contributed by atoms with Crippen LogP contribution in [-0.4, -0.2) is 12.5 Å². The third-order valence-corrected chi connectivity index (χ3v) is 2.44. The zero-order valence-corrected chi connectivity index (χ0v) is 6.11. The van der Waals surface area contributed by atoms with Crippen LogP contribution in [0.3, 0.4) is 0 Å². The molecular weight excluding hydrogens is 136 g/mol. The Morgan fingerprint density at radius 3 is 2.10 bits per heavy atom. The molecule has 1 aliphatic carbocycles. The molecule has 1 aliphatic rings. The third-order valence-electron chi connectivity index (χ3n) is 2.44. The van der Waals surface area contributed by atoms with Crippen molar-refractivity contribution in [2.45, 2.75) is 38.7 Å². The van der Waals surface area contributed by atoms with Gasteiger partial charge in [0.15, 0.2) is 0 Å². The van der Waals surface area contributed by atoms with Gasteiger partial charge in [-0.15, -0.1) is 0 Å². The van der Waals surface area contributed by atoms with Crippen molar-refractivity contribution in [3.8, 4) is 0 Å². The number of hydrogen-bond acceptors (Lipinski definition) is 1. The summed E-state index contributed by atoms with van der Waals surface area (Å²) < 4.78 is 24.5. The lowest BCUT2D eigenvalue weighted by molar-refractivity contribution is 0.0452. The Morgan fingerprint density at radius 1 is 1.50 bits per heavy atom. The van der Waals surface area contributed by atoms with Gasteiger partial charge in [-0.3, -0.25) is 0 Å². The zero-order valence-electron chi connectivity index (χ0n) is 6.11. The molecule has 0 saturated heterocycles. The van der Waals surface area contributed by atoms with Gasteiger partial charge >= 0.3 is 0 Å². The second kappa shape index (κ2) is 2.46. The Kier molecular flexibility index (Phi) is 1.95. The first-order chi connectivity index (χ1) is 4.63. The summed E-state index contributed by atoms with van der Waals surface area (Å²) in [4.78, 5) is 0. The second-order valence-corrected chi connectivity index (χ2v) is 3.05. The highest BCUT2D eigenvalue weighted by molar-refractivity contribution is 5.02. The molecule has 10 heavy (non-hydrogen) atoms. The van der Waals surface area contributed by atoms with Crippen molar-refractivity contribution in [2.75, 3.05) is 0 Å². The molecule has 1 unspecified atom stereocenters. The van der Waals surface area contributed by atoms with E-state index in [2.05, 4.69) is 0 Å². The average Bonchev–Trinajstić information content (AvgIpc) is 2.65. The molecule has 0 radical (unpaired) electrons. The van der Waals surface area contributed by atoms with E-state index in [-0.39, 0.29) is 6.04 Å². The van der Waals surface area contributed by atoms with Crippen molar-refractivity contribution in [3.05, 3.63) is 0 Å². The zero-order chi connectivity index (χ0) is 7.78. The lowest BCUT2D eigenvalue weighted by atomic mass is 9.96. The lowest BCUT2D eigenvalue weighted by Crippen LogP contribution is -2.35. The van der Waals surface area contributed by atoms with Crippen LogP contribution < -0.4 is 5.73 Å². The van der Waals surface area contributed by atoms with Crippen LogP contribution in [0.5, 0.6) is 0 Å². The predicted molar refractivity (Wildman–Crippen MR) is 35.9 cm³/mol. The van der Waals surface area contributed by atoms with Gasteiger partial charge in [0.1, 0.15) is 0 Å². The van der Waals surface area contributed by atoms with Gasteiger partial charge in [0.2, 0.25) is 6.43 Å². The fourth-order valence-electron chi connectivity index (χ4n) is 1.30. The minimum Gasteiger partial charge on any atom is -0.327 e. The highest BCUT2D eigenvalue weighted by Crippen LogP contribution is 2.53. The first-order valence-corrected chi connectivity index (χ1v) is 3.67. The Hall–Kier alpha value is -0.180. The summed E-state index contributed by atoms with van der Waals surface area (Å²) in [6, 6.07) is -0.299. The molecule has 1 nitrogen and oxygen atoms in total. The fraction of sp³-hybridized carbons (Fsp3) is 1.00. The molecule has 1 atom stereocenters. The molecule has 0 amide bonds. The molecule has 2 N–H and O–H groups in total. The second-order valence-electron chi connectivity index (χ2n) is 3.05. The van der Waals surface area contributed by atoms with Gasteiger partial charge in [0, 0.05) is 11.5 Å². The van der Waals surface area contributed by atoms with E-state index >= 15 is 0 Å². The van der Waals surface area contributed by atoms with Crippen LogP contribution in [0, 0.1) is 5.41 Å². The molecule has 0 aromatic carbocycles. The minimum absolute atomic E-state index is 0.299. The lowest BCUT2D eigenvalue weighted by Gasteiger charge is -2.20. The van der Waals surface area contributed by atoms with Crippen molar-refractivity contribution in [3.63, 3.8) is 0 Å². The van der Waals surface area contributed by atoms with E-state index in [1.165, 1.54) is 0 Å². The summed E-state index contributed by atoms with van der Waals surface area (Å²) in [6.07, 6.45) is -0.341. The number of alkyl halides is 2.